The van der Waals surface area contributed by atoms with E-state index in [9.17, 15) is 0 Å². The normalized spacial score (nSPS) is 11.9. The maximum Gasteiger partial charge on any atom is 0.153 e. The number of nitrogens with zero attached hydrogens (tertiary/aromatic N) is 1. The number of aromatic nitrogens is 1. The van der Waals surface area contributed by atoms with E-state index in [0.29, 0.717) is 0 Å². The molecule has 4 aromatic rings. The molecule has 0 aliphatic heterocycles. The molecule has 2 aromatic heterocycles. The predicted octanol–water partition coefficient (Wildman–Crippen LogP) is 7.08. The van der Waals surface area contributed by atoms with Crippen LogP contribution in [0.5, 0.6) is 0 Å². The Labute approximate surface area is 160 Å². The molecule has 0 atom stereocenters. The van der Waals surface area contributed by atoms with Crippen LogP contribution in [-0.4, -0.2) is 4.98 Å². The molecule has 2 heterocycles. The van der Waals surface area contributed by atoms with Crippen LogP contribution in [0.4, 0.5) is 0 Å². The van der Waals surface area contributed by atoms with E-state index in [4.69, 9.17) is 9.40 Å². The number of hydrogen-bond donors (Lipinski definition) is 0. The quantitative estimate of drug-likeness (QED) is 0.384. The van der Waals surface area contributed by atoms with Crippen molar-refractivity contribution in [1.82, 2.24) is 4.98 Å². The van der Waals surface area contributed by atoms with Crippen molar-refractivity contribution in [3.8, 4) is 22.6 Å². The fraction of sp³-hybridized carbons (Fsp3) is 0.240. The van der Waals surface area contributed by atoms with Gasteiger partial charge >= 0.3 is 0 Å². The molecule has 0 spiro atoms. The molecule has 2 heteroatoms. The summed E-state index contributed by atoms with van der Waals surface area (Å²) >= 11 is 0. The first-order valence-electron chi connectivity index (χ1n) is 9.40. The Hall–Kier alpha value is -2.87. The number of furan rings is 1. The standard InChI is InChI=1S/C25H25NO/c1-16-6-8-18(9-7-16)24-15-22-23(27-24)11-10-21(26-22)19-12-17(2)13-20(14-19)25(3,4)5/h6-15H,1-5H3. The summed E-state index contributed by atoms with van der Waals surface area (Å²) < 4.78 is 6.02. The summed E-state index contributed by atoms with van der Waals surface area (Å²) in [6, 6.07) is 21.2. The fourth-order valence-electron chi connectivity index (χ4n) is 3.31. The van der Waals surface area contributed by atoms with Crippen LogP contribution in [0.15, 0.2) is 65.1 Å². The second kappa shape index (κ2) is 6.38. The van der Waals surface area contributed by atoms with Crippen LogP contribution in [0, 0.1) is 13.8 Å². The van der Waals surface area contributed by atoms with E-state index >= 15 is 0 Å². The largest absolute Gasteiger partial charge is 0.454 e. The summed E-state index contributed by atoms with van der Waals surface area (Å²) in [5, 5.41) is 0. The molecule has 0 saturated heterocycles. The van der Waals surface area contributed by atoms with E-state index in [-0.39, 0.29) is 5.41 Å². The van der Waals surface area contributed by atoms with Crippen molar-refractivity contribution in [2.75, 3.05) is 0 Å². The zero-order valence-corrected chi connectivity index (χ0v) is 16.6. The van der Waals surface area contributed by atoms with Crippen LogP contribution in [0.1, 0.15) is 37.5 Å². The van der Waals surface area contributed by atoms with E-state index in [1.165, 1.54) is 16.7 Å². The van der Waals surface area contributed by atoms with Crippen molar-refractivity contribution in [2.24, 2.45) is 0 Å². The highest BCUT2D eigenvalue weighted by atomic mass is 16.3. The van der Waals surface area contributed by atoms with Crippen molar-refractivity contribution in [1.29, 1.82) is 0 Å². The Morgan fingerprint density at radius 1 is 0.741 bits per heavy atom. The van der Waals surface area contributed by atoms with Crippen LogP contribution in [-0.2, 0) is 5.41 Å². The lowest BCUT2D eigenvalue weighted by atomic mass is 9.85. The van der Waals surface area contributed by atoms with Gasteiger partial charge in [-0.1, -0.05) is 62.2 Å². The fourth-order valence-corrected chi connectivity index (χ4v) is 3.31. The van der Waals surface area contributed by atoms with Gasteiger partial charge in [-0.05, 0) is 49.1 Å². The van der Waals surface area contributed by atoms with Crippen LogP contribution in [0.25, 0.3) is 33.7 Å². The second-order valence-electron chi connectivity index (χ2n) is 8.39. The first-order chi connectivity index (χ1) is 12.8. The molecule has 27 heavy (non-hydrogen) atoms. The average molecular weight is 355 g/mol. The van der Waals surface area contributed by atoms with Gasteiger partial charge in [0, 0.05) is 17.2 Å². The third-order valence-electron chi connectivity index (χ3n) is 4.95. The van der Waals surface area contributed by atoms with Gasteiger partial charge in [-0.25, -0.2) is 4.98 Å². The van der Waals surface area contributed by atoms with Gasteiger partial charge in [0.1, 0.15) is 11.3 Å². The molecule has 0 amide bonds. The van der Waals surface area contributed by atoms with E-state index in [1.807, 2.05) is 18.2 Å². The molecule has 0 radical (unpaired) electrons. The Balaban J connectivity index is 1.78. The van der Waals surface area contributed by atoms with Gasteiger partial charge in [-0.2, -0.15) is 0 Å². The highest BCUT2D eigenvalue weighted by Gasteiger charge is 2.16. The molecule has 0 unspecified atom stereocenters. The van der Waals surface area contributed by atoms with Gasteiger partial charge in [-0.15, -0.1) is 0 Å². The first kappa shape index (κ1) is 17.5. The Bertz CT molecular complexity index is 1110. The van der Waals surface area contributed by atoms with Crippen molar-refractivity contribution in [3.63, 3.8) is 0 Å². The number of hydrogen-bond acceptors (Lipinski definition) is 2. The lowest BCUT2D eigenvalue weighted by Crippen LogP contribution is -2.11. The minimum absolute atomic E-state index is 0.110. The van der Waals surface area contributed by atoms with Gasteiger partial charge < -0.3 is 4.42 Å². The summed E-state index contributed by atoms with van der Waals surface area (Å²) in [5.41, 5.74) is 8.85. The number of aryl methyl sites for hydroxylation is 2. The maximum absolute atomic E-state index is 6.02. The summed E-state index contributed by atoms with van der Waals surface area (Å²) in [6.07, 6.45) is 0. The minimum Gasteiger partial charge on any atom is -0.454 e. The number of rotatable bonds is 2. The van der Waals surface area contributed by atoms with E-state index in [0.717, 1.165) is 33.7 Å². The summed E-state index contributed by atoms with van der Waals surface area (Å²) in [7, 11) is 0. The molecule has 4 rings (SSSR count). The number of fused-ring (bicyclic) bond motifs is 1. The molecule has 0 saturated carbocycles. The summed E-state index contributed by atoms with van der Waals surface area (Å²) in [5.74, 6) is 0.856. The average Bonchev–Trinajstić information content (AvgIpc) is 3.04. The molecule has 2 aromatic carbocycles. The third-order valence-corrected chi connectivity index (χ3v) is 4.95. The van der Waals surface area contributed by atoms with Crippen LogP contribution >= 0.6 is 0 Å². The van der Waals surface area contributed by atoms with Crippen LogP contribution in [0.3, 0.4) is 0 Å². The van der Waals surface area contributed by atoms with Gasteiger partial charge in [0.2, 0.25) is 0 Å². The van der Waals surface area contributed by atoms with Crippen LogP contribution < -0.4 is 0 Å². The van der Waals surface area contributed by atoms with Crippen molar-refractivity contribution in [3.05, 3.63) is 77.4 Å². The van der Waals surface area contributed by atoms with Gasteiger partial charge in [0.25, 0.3) is 0 Å². The van der Waals surface area contributed by atoms with E-state index in [2.05, 4.69) is 77.1 Å². The van der Waals surface area contributed by atoms with Crippen LogP contribution in [0.2, 0.25) is 0 Å². The molecule has 136 valence electrons. The highest BCUT2D eigenvalue weighted by Crippen LogP contribution is 2.31. The molecule has 0 bridgehead atoms. The van der Waals surface area contributed by atoms with Crippen molar-refractivity contribution >= 4 is 11.1 Å². The Kier molecular flexibility index (Phi) is 4.15. The molecule has 0 aliphatic rings. The van der Waals surface area contributed by atoms with Crippen molar-refractivity contribution < 1.29 is 4.42 Å². The minimum atomic E-state index is 0.110. The van der Waals surface area contributed by atoms with Crippen molar-refractivity contribution in [2.45, 2.75) is 40.0 Å². The van der Waals surface area contributed by atoms with Gasteiger partial charge in [0.05, 0.1) is 5.69 Å². The van der Waals surface area contributed by atoms with E-state index < -0.39 is 0 Å². The van der Waals surface area contributed by atoms with E-state index in [1.54, 1.807) is 0 Å². The first-order valence-corrected chi connectivity index (χ1v) is 9.40. The number of pyridine rings is 1. The molecular formula is C25H25NO. The smallest absolute Gasteiger partial charge is 0.153 e. The Morgan fingerprint density at radius 3 is 2.19 bits per heavy atom. The lowest BCUT2D eigenvalue weighted by Gasteiger charge is -2.20. The van der Waals surface area contributed by atoms with Gasteiger partial charge in [0.15, 0.2) is 5.58 Å². The number of benzene rings is 2. The predicted molar refractivity (Wildman–Crippen MR) is 113 cm³/mol. The zero-order valence-electron chi connectivity index (χ0n) is 16.6. The topological polar surface area (TPSA) is 26.0 Å². The SMILES string of the molecule is Cc1ccc(-c2cc3nc(-c4cc(C)cc(C(C)(C)C)c4)ccc3o2)cc1. The van der Waals surface area contributed by atoms with Gasteiger partial charge in [-0.3, -0.25) is 0 Å². The molecular weight excluding hydrogens is 330 g/mol. The molecule has 0 fully saturated rings. The monoisotopic (exact) mass is 355 g/mol. The summed E-state index contributed by atoms with van der Waals surface area (Å²) in [6.45, 7) is 11.0. The third kappa shape index (κ3) is 3.52. The summed E-state index contributed by atoms with van der Waals surface area (Å²) in [4.78, 5) is 4.88. The molecule has 2 nitrogen and oxygen atoms in total. The lowest BCUT2D eigenvalue weighted by molar-refractivity contribution is 0.590. The maximum atomic E-state index is 6.02. The zero-order chi connectivity index (χ0) is 19.2. The molecule has 0 aliphatic carbocycles. The Morgan fingerprint density at radius 2 is 1.48 bits per heavy atom. The highest BCUT2D eigenvalue weighted by molar-refractivity contribution is 5.82. The second-order valence-corrected chi connectivity index (χ2v) is 8.39. The molecule has 0 N–H and O–H groups in total.